The van der Waals surface area contributed by atoms with Gasteiger partial charge in [0.2, 0.25) is 5.91 Å². The molecule has 4 nitrogen and oxygen atoms in total. The van der Waals surface area contributed by atoms with Gasteiger partial charge in [0.25, 0.3) is 0 Å². The minimum Gasteiger partial charge on any atom is -0.508 e. The molecule has 1 amide bonds. The predicted molar refractivity (Wildman–Crippen MR) is 95.2 cm³/mol. The molecule has 0 radical (unpaired) electrons. The van der Waals surface area contributed by atoms with E-state index in [4.69, 9.17) is 0 Å². The number of rotatable bonds is 2. The Morgan fingerprint density at radius 1 is 1.00 bits per heavy atom. The van der Waals surface area contributed by atoms with Crippen LogP contribution in [-0.2, 0) is 9.59 Å². The lowest BCUT2D eigenvalue weighted by atomic mass is 9.77. The fraction of sp³-hybridized carbons (Fsp3) is 0.238. The molecular weight excluding hydrogens is 333 g/mol. The highest BCUT2D eigenvalue weighted by Gasteiger charge is 2.40. The first-order valence-corrected chi connectivity index (χ1v) is 8.69. The molecule has 1 atom stereocenters. The van der Waals surface area contributed by atoms with Crippen LogP contribution in [0.15, 0.2) is 59.8 Å². The second kappa shape index (κ2) is 6.41. The van der Waals surface area contributed by atoms with Gasteiger partial charge in [-0.15, -0.1) is 0 Å². The molecule has 0 saturated carbocycles. The van der Waals surface area contributed by atoms with Gasteiger partial charge in [-0.2, -0.15) is 0 Å². The van der Waals surface area contributed by atoms with Gasteiger partial charge in [-0.05, 0) is 42.7 Å². The predicted octanol–water partition coefficient (Wildman–Crippen LogP) is 4.06. The highest BCUT2D eigenvalue weighted by molar-refractivity contribution is 6.07. The molecule has 0 bridgehead atoms. The average molecular weight is 351 g/mol. The summed E-state index contributed by atoms with van der Waals surface area (Å²) in [5.74, 6) is -0.907. The summed E-state index contributed by atoms with van der Waals surface area (Å²) in [4.78, 5) is 27.0. The number of para-hydroxylation sites is 1. The standard InChI is InChI=1S/C21H18FNO3/c22-16-4-1-2-5-17(16)23-18-6-3-7-19(25)21(18)15(12-20(23)26)13-8-10-14(24)11-9-13/h1-2,4-5,8-11,15,24H,3,6-7,12H2. The summed E-state index contributed by atoms with van der Waals surface area (Å²) in [7, 11) is 0. The molecule has 1 aliphatic carbocycles. The largest absolute Gasteiger partial charge is 0.508 e. The number of anilines is 1. The third kappa shape index (κ3) is 2.69. The normalized spacial score (nSPS) is 20.3. The summed E-state index contributed by atoms with van der Waals surface area (Å²) in [6.45, 7) is 0. The van der Waals surface area contributed by atoms with Gasteiger partial charge in [0.05, 0.1) is 5.69 Å². The number of nitrogens with zero attached hydrogens (tertiary/aromatic N) is 1. The monoisotopic (exact) mass is 351 g/mol. The fourth-order valence-corrected chi connectivity index (χ4v) is 3.90. The van der Waals surface area contributed by atoms with E-state index in [1.54, 1.807) is 42.5 Å². The van der Waals surface area contributed by atoms with Gasteiger partial charge in [0, 0.05) is 30.0 Å². The van der Waals surface area contributed by atoms with E-state index < -0.39 is 5.82 Å². The molecule has 0 fully saturated rings. The van der Waals surface area contributed by atoms with Gasteiger partial charge in [-0.3, -0.25) is 14.5 Å². The molecule has 0 spiro atoms. The molecule has 4 rings (SSSR count). The first-order chi connectivity index (χ1) is 12.6. The van der Waals surface area contributed by atoms with Crippen molar-refractivity contribution in [1.82, 2.24) is 0 Å². The van der Waals surface area contributed by atoms with Crippen molar-refractivity contribution in [1.29, 1.82) is 0 Å². The number of benzene rings is 2. The molecule has 2 aromatic carbocycles. The van der Waals surface area contributed by atoms with Crippen molar-refractivity contribution in [2.24, 2.45) is 0 Å². The highest BCUT2D eigenvalue weighted by Crippen LogP contribution is 2.43. The van der Waals surface area contributed by atoms with Crippen LogP contribution in [0.25, 0.3) is 0 Å². The third-order valence-electron chi connectivity index (χ3n) is 5.06. The van der Waals surface area contributed by atoms with Crippen LogP contribution in [0.3, 0.4) is 0 Å². The van der Waals surface area contributed by atoms with Gasteiger partial charge < -0.3 is 5.11 Å². The Morgan fingerprint density at radius 3 is 2.46 bits per heavy atom. The van der Waals surface area contributed by atoms with Crippen LogP contribution in [0.5, 0.6) is 5.75 Å². The average Bonchev–Trinajstić information content (AvgIpc) is 2.63. The summed E-state index contributed by atoms with van der Waals surface area (Å²) in [5.41, 5.74) is 2.22. The molecule has 1 N–H and O–H groups in total. The van der Waals surface area contributed by atoms with Crippen LogP contribution in [0.4, 0.5) is 10.1 Å². The van der Waals surface area contributed by atoms with Crippen LogP contribution < -0.4 is 4.90 Å². The lowest BCUT2D eigenvalue weighted by molar-refractivity contribution is -0.120. The van der Waals surface area contributed by atoms with Crippen molar-refractivity contribution in [3.63, 3.8) is 0 Å². The van der Waals surface area contributed by atoms with Crippen molar-refractivity contribution in [3.05, 3.63) is 71.2 Å². The van der Waals surface area contributed by atoms with E-state index in [0.29, 0.717) is 30.5 Å². The number of hydrogen-bond donors (Lipinski definition) is 1. The van der Waals surface area contributed by atoms with E-state index in [2.05, 4.69) is 0 Å². The van der Waals surface area contributed by atoms with Gasteiger partial charge in [0.15, 0.2) is 5.78 Å². The van der Waals surface area contributed by atoms with Crippen molar-refractivity contribution in [2.45, 2.75) is 31.6 Å². The van der Waals surface area contributed by atoms with Crippen LogP contribution in [0.2, 0.25) is 0 Å². The molecule has 0 saturated heterocycles. The maximum atomic E-state index is 14.3. The number of carbonyl (C=O) groups excluding carboxylic acids is 2. The Balaban J connectivity index is 1.87. The SMILES string of the molecule is O=C1CCCC2=C1C(c1ccc(O)cc1)CC(=O)N2c1ccccc1F. The number of hydrogen-bond acceptors (Lipinski definition) is 3. The summed E-state index contributed by atoms with van der Waals surface area (Å²) < 4.78 is 14.3. The number of allylic oxidation sites excluding steroid dienone is 2. The van der Waals surface area contributed by atoms with Gasteiger partial charge in [-0.25, -0.2) is 4.39 Å². The summed E-state index contributed by atoms with van der Waals surface area (Å²) in [6.07, 6.45) is 1.75. The molecule has 5 heteroatoms. The van der Waals surface area contributed by atoms with E-state index >= 15 is 0 Å². The molecular formula is C21H18FNO3. The lowest BCUT2D eigenvalue weighted by Crippen LogP contribution is -2.41. The Hall–Kier alpha value is -2.95. The van der Waals surface area contributed by atoms with E-state index in [1.165, 1.54) is 11.0 Å². The number of Topliss-reactive ketones (excluding diaryl/α,β-unsaturated/α-hetero) is 1. The Morgan fingerprint density at radius 2 is 1.73 bits per heavy atom. The molecule has 1 unspecified atom stereocenters. The van der Waals surface area contributed by atoms with Crippen molar-refractivity contribution in [3.8, 4) is 5.75 Å². The lowest BCUT2D eigenvalue weighted by Gasteiger charge is -2.38. The molecule has 1 aliphatic heterocycles. The van der Waals surface area contributed by atoms with Crippen molar-refractivity contribution in [2.75, 3.05) is 4.90 Å². The Labute approximate surface area is 150 Å². The van der Waals surface area contributed by atoms with Crippen LogP contribution in [0.1, 0.15) is 37.2 Å². The van der Waals surface area contributed by atoms with Crippen LogP contribution >= 0.6 is 0 Å². The van der Waals surface area contributed by atoms with E-state index in [-0.39, 0.29) is 35.5 Å². The van der Waals surface area contributed by atoms with E-state index in [1.807, 2.05) is 0 Å². The molecule has 0 aromatic heterocycles. The second-order valence-corrected chi connectivity index (χ2v) is 6.67. The van der Waals surface area contributed by atoms with Gasteiger partial charge in [-0.1, -0.05) is 24.3 Å². The second-order valence-electron chi connectivity index (χ2n) is 6.67. The quantitative estimate of drug-likeness (QED) is 0.888. The smallest absolute Gasteiger partial charge is 0.232 e. The topological polar surface area (TPSA) is 57.6 Å². The number of carbonyl (C=O) groups is 2. The number of halogens is 1. The minimum absolute atomic E-state index is 0.0122. The number of ketones is 1. The zero-order chi connectivity index (χ0) is 18.3. The maximum Gasteiger partial charge on any atom is 0.232 e. The zero-order valence-electron chi connectivity index (χ0n) is 14.1. The molecule has 1 heterocycles. The highest BCUT2D eigenvalue weighted by atomic mass is 19.1. The van der Waals surface area contributed by atoms with Gasteiger partial charge in [0.1, 0.15) is 11.6 Å². The molecule has 26 heavy (non-hydrogen) atoms. The number of phenols is 1. The van der Waals surface area contributed by atoms with Crippen LogP contribution in [-0.4, -0.2) is 16.8 Å². The van der Waals surface area contributed by atoms with Crippen molar-refractivity contribution >= 4 is 17.4 Å². The fourth-order valence-electron chi connectivity index (χ4n) is 3.90. The molecule has 2 aliphatic rings. The summed E-state index contributed by atoms with van der Waals surface area (Å²) in [6, 6.07) is 12.7. The first-order valence-electron chi connectivity index (χ1n) is 8.69. The summed E-state index contributed by atoms with van der Waals surface area (Å²) in [5, 5.41) is 9.52. The van der Waals surface area contributed by atoms with Gasteiger partial charge >= 0.3 is 0 Å². The molecule has 2 aromatic rings. The number of phenolic OH excluding ortho intramolecular Hbond substituents is 1. The first kappa shape index (κ1) is 16.5. The van der Waals surface area contributed by atoms with Crippen LogP contribution in [0, 0.1) is 5.82 Å². The Kier molecular flexibility index (Phi) is 4.07. The Bertz CT molecular complexity index is 917. The maximum absolute atomic E-state index is 14.3. The third-order valence-corrected chi connectivity index (χ3v) is 5.06. The summed E-state index contributed by atoms with van der Waals surface area (Å²) >= 11 is 0. The molecule has 132 valence electrons. The van der Waals surface area contributed by atoms with E-state index in [0.717, 1.165) is 5.56 Å². The number of aromatic hydroxyl groups is 1. The van der Waals surface area contributed by atoms with Crippen molar-refractivity contribution < 1.29 is 19.1 Å². The zero-order valence-corrected chi connectivity index (χ0v) is 14.1. The number of amides is 1. The van der Waals surface area contributed by atoms with E-state index in [9.17, 15) is 19.1 Å². The minimum atomic E-state index is -0.478.